The second-order valence-corrected chi connectivity index (χ2v) is 5.68. The predicted molar refractivity (Wildman–Crippen MR) is 111 cm³/mol. The van der Waals surface area contributed by atoms with Crippen LogP contribution in [0.15, 0.2) is 53.5 Å². The van der Waals surface area contributed by atoms with E-state index in [1.165, 1.54) is 18.2 Å². The van der Waals surface area contributed by atoms with Gasteiger partial charge in [0.2, 0.25) is 0 Å². The molecule has 0 bridgehead atoms. The SMILES string of the molecule is Cc1cccc(OCC(O)CN=C(N)Nc2ccccc2OC(F)(F)F)c1.I. The number of aliphatic hydroxyl groups excluding tert-OH is 1. The van der Waals surface area contributed by atoms with E-state index in [4.69, 9.17) is 10.5 Å². The van der Waals surface area contributed by atoms with Gasteiger partial charge in [-0.15, -0.1) is 37.1 Å². The highest BCUT2D eigenvalue weighted by Crippen LogP contribution is 2.29. The predicted octanol–water partition coefficient (Wildman–Crippen LogP) is 3.68. The van der Waals surface area contributed by atoms with Crippen molar-refractivity contribution in [2.45, 2.75) is 19.4 Å². The quantitative estimate of drug-likeness (QED) is 0.300. The summed E-state index contributed by atoms with van der Waals surface area (Å²) in [6, 6.07) is 12.8. The maximum Gasteiger partial charge on any atom is 0.573 e. The smallest absolute Gasteiger partial charge is 0.491 e. The van der Waals surface area contributed by atoms with E-state index in [0.29, 0.717) is 5.75 Å². The second-order valence-electron chi connectivity index (χ2n) is 5.68. The van der Waals surface area contributed by atoms with Gasteiger partial charge in [-0.25, -0.2) is 0 Å². The molecule has 1 atom stereocenters. The number of rotatable bonds is 7. The molecule has 0 heterocycles. The van der Waals surface area contributed by atoms with Gasteiger partial charge in [-0.2, -0.15) is 0 Å². The van der Waals surface area contributed by atoms with E-state index in [1.807, 2.05) is 25.1 Å². The molecule has 0 fully saturated rings. The number of ether oxygens (including phenoxy) is 2. The van der Waals surface area contributed by atoms with Crippen LogP contribution in [0.2, 0.25) is 0 Å². The average Bonchev–Trinajstić information content (AvgIpc) is 2.59. The Morgan fingerprint density at radius 3 is 2.61 bits per heavy atom. The second kappa shape index (κ2) is 11.0. The normalized spacial score (nSPS) is 12.7. The molecule has 0 amide bonds. The Hall–Kier alpha value is -2.21. The van der Waals surface area contributed by atoms with E-state index in [-0.39, 0.29) is 48.8 Å². The van der Waals surface area contributed by atoms with E-state index >= 15 is 0 Å². The zero-order valence-corrected chi connectivity index (χ0v) is 17.3. The van der Waals surface area contributed by atoms with Gasteiger partial charge in [0.25, 0.3) is 0 Å². The molecular weight excluding hydrogens is 490 g/mol. The van der Waals surface area contributed by atoms with Crippen molar-refractivity contribution in [2.75, 3.05) is 18.5 Å². The van der Waals surface area contributed by atoms with Crippen LogP contribution in [0.1, 0.15) is 5.56 Å². The Morgan fingerprint density at radius 1 is 1.21 bits per heavy atom. The van der Waals surface area contributed by atoms with Gasteiger partial charge in [0.1, 0.15) is 18.5 Å². The molecule has 2 aromatic carbocycles. The number of nitrogens with two attached hydrogens (primary N) is 1. The largest absolute Gasteiger partial charge is 0.573 e. The molecule has 6 nitrogen and oxygen atoms in total. The highest BCUT2D eigenvalue weighted by molar-refractivity contribution is 14.0. The number of guanidine groups is 1. The third-order valence-corrected chi connectivity index (χ3v) is 3.28. The Balaban J connectivity index is 0.00000392. The molecule has 0 aliphatic rings. The van der Waals surface area contributed by atoms with Gasteiger partial charge >= 0.3 is 6.36 Å². The van der Waals surface area contributed by atoms with Crippen LogP contribution in [0.5, 0.6) is 11.5 Å². The molecular formula is C18H21F3IN3O3. The number of alkyl halides is 3. The van der Waals surface area contributed by atoms with Crippen LogP contribution < -0.4 is 20.5 Å². The van der Waals surface area contributed by atoms with Crippen LogP contribution >= 0.6 is 24.0 Å². The van der Waals surface area contributed by atoms with Crippen molar-refractivity contribution >= 4 is 35.6 Å². The number of hydrogen-bond acceptors (Lipinski definition) is 4. The average molecular weight is 511 g/mol. The summed E-state index contributed by atoms with van der Waals surface area (Å²) in [6.07, 6.45) is -5.76. The molecule has 4 N–H and O–H groups in total. The standard InChI is InChI=1S/C18H20F3N3O3.HI/c1-12-5-4-6-14(9-12)26-11-13(25)10-23-17(22)24-15-7-2-3-8-16(15)27-18(19,20)21;/h2-9,13,25H,10-11H2,1H3,(H3,22,23,24);1H. The molecule has 28 heavy (non-hydrogen) atoms. The number of benzene rings is 2. The lowest BCUT2D eigenvalue weighted by Crippen LogP contribution is -2.27. The van der Waals surface area contributed by atoms with Crippen molar-refractivity contribution in [2.24, 2.45) is 10.7 Å². The Labute approximate surface area is 177 Å². The minimum absolute atomic E-state index is 0. The van der Waals surface area contributed by atoms with Crippen LogP contribution in [0.25, 0.3) is 0 Å². The molecule has 1 unspecified atom stereocenters. The first-order valence-electron chi connectivity index (χ1n) is 8.02. The number of hydrogen-bond donors (Lipinski definition) is 3. The van der Waals surface area contributed by atoms with E-state index in [0.717, 1.165) is 11.6 Å². The molecule has 0 saturated heterocycles. The maximum absolute atomic E-state index is 12.4. The van der Waals surface area contributed by atoms with Crippen molar-refractivity contribution in [3.8, 4) is 11.5 Å². The Bertz CT molecular complexity index is 788. The van der Waals surface area contributed by atoms with E-state index in [9.17, 15) is 18.3 Å². The van der Waals surface area contributed by atoms with Gasteiger partial charge in [-0.3, -0.25) is 4.99 Å². The van der Waals surface area contributed by atoms with E-state index in [1.54, 1.807) is 6.07 Å². The molecule has 0 spiro atoms. The summed E-state index contributed by atoms with van der Waals surface area (Å²) in [5, 5.41) is 12.4. The fourth-order valence-corrected chi connectivity index (χ4v) is 2.12. The van der Waals surface area contributed by atoms with Crippen molar-refractivity contribution in [3.05, 3.63) is 54.1 Å². The van der Waals surface area contributed by atoms with Crippen LogP contribution in [0.3, 0.4) is 0 Å². The Morgan fingerprint density at radius 2 is 1.93 bits per heavy atom. The molecule has 0 aromatic heterocycles. The van der Waals surface area contributed by atoms with E-state index < -0.39 is 18.2 Å². The van der Waals surface area contributed by atoms with Gasteiger partial charge in [-0.05, 0) is 36.8 Å². The summed E-state index contributed by atoms with van der Waals surface area (Å²) in [4.78, 5) is 3.90. The summed E-state index contributed by atoms with van der Waals surface area (Å²) < 4.78 is 46.6. The van der Waals surface area contributed by atoms with Crippen molar-refractivity contribution in [1.82, 2.24) is 0 Å². The first-order valence-corrected chi connectivity index (χ1v) is 8.02. The highest BCUT2D eigenvalue weighted by Gasteiger charge is 2.32. The zero-order chi connectivity index (χ0) is 19.9. The molecule has 154 valence electrons. The van der Waals surface area contributed by atoms with Crippen LogP contribution in [-0.4, -0.2) is 36.7 Å². The number of aliphatic imine (C=N–C) groups is 1. The number of halogens is 4. The van der Waals surface area contributed by atoms with Gasteiger partial charge in [0.05, 0.1) is 12.2 Å². The summed E-state index contributed by atoms with van der Waals surface area (Å²) in [7, 11) is 0. The highest BCUT2D eigenvalue weighted by atomic mass is 127. The summed E-state index contributed by atoms with van der Waals surface area (Å²) in [6.45, 7) is 1.82. The molecule has 0 radical (unpaired) electrons. The maximum atomic E-state index is 12.4. The monoisotopic (exact) mass is 511 g/mol. The number of nitrogens with zero attached hydrogens (tertiary/aromatic N) is 1. The fraction of sp³-hybridized carbons (Fsp3) is 0.278. The van der Waals surface area contributed by atoms with Crippen LogP contribution in [-0.2, 0) is 0 Å². The molecule has 2 rings (SSSR count). The van der Waals surface area contributed by atoms with Gasteiger partial charge < -0.3 is 25.6 Å². The molecule has 0 saturated carbocycles. The number of aryl methyl sites for hydroxylation is 1. The molecule has 0 aliphatic heterocycles. The summed E-state index contributed by atoms with van der Waals surface area (Å²) in [5.74, 6) is 0.0108. The van der Waals surface area contributed by atoms with Crippen LogP contribution in [0.4, 0.5) is 18.9 Å². The summed E-state index contributed by atoms with van der Waals surface area (Å²) >= 11 is 0. The molecule has 0 aliphatic carbocycles. The van der Waals surface area contributed by atoms with Gasteiger partial charge in [0, 0.05) is 0 Å². The van der Waals surface area contributed by atoms with Crippen molar-refractivity contribution < 1.29 is 27.8 Å². The topological polar surface area (TPSA) is 89.1 Å². The minimum Gasteiger partial charge on any atom is -0.491 e. The van der Waals surface area contributed by atoms with Crippen molar-refractivity contribution in [3.63, 3.8) is 0 Å². The zero-order valence-electron chi connectivity index (χ0n) is 14.9. The number of anilines is 1. The first-order chi connectivity index (χ1) is 12.7. The van der Waals surface area contributed by atoms with Crippen molar-refractivity contribution in [1.29, 1.82) is 0 Å². The lowest BCUT2D eigenvalue weighted by molar-refractivity contribution is -0.274. The van der Waals surface area contributed by atoms with Gasteiger partial charge in [-0.1, -0.05) is 24.3 Å². The first kappa shape index (κ1) is 23.8. The van der Waals surface area contributed by atoms with Gasteiger partial charge in [0.15, 0.2) is 11.7 Å². The minimum atomic E-state index is -4.83. The third-order valence-electron chi connectivity index (χ3n) is 3.28. The fourth-order valence-electron chi connectivity index (χ4n) is 2.12. The molecule has 2 aromatic rings. The number of para-hydroxylation sites is 2. The third kappa shape index (κ3) is 8.65. The lowest BCUT2D eigenvalue weighted by atomic mass is 10.2. The molecule has 10 heteroatoms. The van der Waals surface area contributed by atoms with Crippen LogP contribution in [0, 0.1) is 6.92 Å². The Kier molecular flexibility index (Phi) is 9.32. The number of nitrogens with one attached hydrogen (secondary N) is 1. The van der Waals surface area contributed by atoms with E-state index in [2.05, 4.69) is 15.0 Å². The lowest BCUT2D eigenvalue weighted by Gasteiger charge is -2.14. The number of aliphatic hydroxyl groups is 1. The summed E-state index contributed by atoms with van der Waals surface area (Å²) in [5.41, 5.74) is 6.69.